The summed E-state index contributed by atoms with van der Waals surface area (Å²) in [7, 11) is 1.62. The SMILES string of the molecule is CCc1ccccc1NC(=O)Cc1cc(C)ccc1OC. The molecule has 110 valence electrons. The van der Waals surface area contributed by atoms with E-state index in [2.05, 4.69) is 12.2 Å². The van der Waals surface area contributed by atoms with Gasteiger partial charge in [-0.15, -0.1) is 0 Å². The summed E-state index contributed by atoms with van der Waals surface area (Å²) >= 11 is 0. The molecule has 0 heterocycles. The number of nitrogens with one attached hydrogen (secondary N) is 1. The monoisotopic (exact) mass is 283 g/mol. The molecule has 0 saturated heterocycles. The largest absolute Gasteiger partial charge is 0.496 e. The summed E-state index contributed by atoms with van der Waals surface area (Å²) in [5.74, 6) is 0.722. The van der Waals surface area contributed by atoms with Gasteiger partial charge in [-0.1, -0.05) is 42.8 Å². The van der Waals surface area contributed by atoms with Crippen molar-refractivity contribution in [2.75, 3.05) is 12.4 Å². The summed E-state index contributed by atoms with van der Waals surface area (Å²) in [5, 5.41) is 2.99. The quantitative estimate of drug-likeness (QED) is 0.907. The van der Waals surface area contributed by atoms with Crippen LogP contribution in [0.25, 0.3) is 0 Å². The molecule has 2 rings (SSSR count). The van der Waals surface area contributed by atoms with Crippen LogP contribution in [-0.2, 0) is 17.6 Å². The van der Waals surface area contributed by atoms with E-state index in [0.717, 1.165) is 34.5 Å². The van der Waals surface area contributed by atoms with Gasteiger partial charge in [-0.05, 0) is 31.0 Å². The standard InChI is InChI=1S/C18H21NO2/c1-4-14-7-5-6-8-16(14)19-18(20)12-15-11-13(2)9-10-17(15)21-3/h5-11H,4,12H2,1-3H3,(H,19,20). The van der Waals surface area contributed by atoms with Crippen molar-refractivity contribution in [3.63, 3.8) is 0 Å². The van der Waals surface area contributed by atoms with Crippen molar-refractivity contribution >= 4 is 11.6 Å². The number of rotatable bonds is 5. The van der Waals surface area contributed by atoms with E-state index in [1.54, 1.807) is 7.11 Å². The first-order valence-corrected chi connectivity index (χ1v) is 7.15. The third kappa shape index (κ3) is 3.85. The van der Waals surface area contributed by atoms with Gasteiger partial charge in [-0.25, -0.2) is 0 Å². The topological polar surface area (TPSA) is 38.3 Å². The molecule has 21 heavy (non-hydrogen) atoms. The fraction of sp³-hybridized carbons (Fsp3) is 0.278. The first kappa shape index (κ1) is 15.1. The van der Waals surface area contributed by atoms with Crippen LogP contribution in [0.4, 0.5) is 5.69 Å². The van der Waals surface area contributed by atoms with Crippen LogP contribution in [-0.4, -0.2) is 13.0 Å². The Labute approximate surface area is 126 Å². The molecule has 1 amide bonds. The lowest BCUT2D eigenvalue weighted by atomic mass is 10.1. The molecule has 1 N–H and O–H groups in total. The summed E-state index contributed by atoms with van der Waals surface area (Å²) in [6.07, 6.45) is 1.20. The van der Waals surface area contributed by atoms with E-state index in [1.807, 2.05) is 49.4 Å². The van der Waals surface area contributed by atoms with Gasteiger partial charge < -0.3 is 10.1 Å². The second kappa shape index (κ2) is 6.93. The molecular weight excluding hydrogens is 262 g/mol. The van der Waals surface area contributed by atoms with E-state index in [4.69, 9.17) is 4.74 Å². The summed E-state index contributed by atoms with van der Waals surface area (Å²) in [5.41, 5.74) is 4.05. The molecule has 0 aromatic heterocycles. The molecule has 0 atom stereocenters. The highest BCUT2D eigenvalue weighted by molar-refractivity contribution is 5.93. The van der Waals surface area contributed by atoms with Gasteiger partial charge in [-0.2, -0.15) is 0 Å². The maximum absolute atomic E-state index is 12.3. The Bertz CT molecular complexity index is 635. The van der Waals surface area contributed by atoms with Gasteiger partial charge in [0.05, 0.1) is 13.5 Å². The molecular formula is C18H21NO2. The van der Waals surface area contributed by atoms with Crippen molar-refractivity contribution in [3.05, 3.63) is 59.2 Å². The van der Waals surface area contributed by atoms with Crippen LogP contribution in [0.1, 0.15) is 23.6 Å². The molecule has 0 bridgehead atoms. The van der Waals surface area contributed by atoms with Crippen molar-refractivity contribution in [3.8, 4) is 5.75 Å². The Morgan fingerprint density at radius 2 is 1.90 bits per heavy atom. The highest BCUT2D eigenvalue weighted by atomic mass is 16.5. The van der Waals surface area contributed by atoms with Crippen LogP contribution in [0, 0.1) is 6.92 Å². The predicted octanol–water partition coefficient (Wildman–Crippen LogP) is 3.75. The van der Waals surface area contributed by atoms with Gasteiger partial charge in [0.1, 0.15) is 5.75 Å². The lowest BCUT2D eigenvalue weighted by Crippen LogP contribution is -2.16. The van der Waals surface area contributed by atoms with Gasteiger partial charge in [-0.3, -0.25) is 4.79 Å². The number of amides is 1. The number of benzene rings is 2. The molecule has 0 fully saturated rings. The van der Waals surface area contributed by atoms with E-state index < -0.39 is 0 Å². The number of aryl methyl sites for hydroxylation is 2. The smallest absolute Gasteiger partial charge is 0.228 e. The number of hydrogen-bond donors (Lipinski definition) is 1. The molecule has 3 heteroatoms. The third-order valence-electron chi connectivity index (χ3n) is 3.46. The highest BCUT2D eigenvalue weighted by Gasteiger charge is 2.10. The summed E-state index contributed by atoms with van der Waals surface area (Å²) in [4.78, 5) is 12.3. The average Bonchev–Trinajstić information content (AvgIpc) is 2.48. The van der Waals surface area contributed by atoms with Gasteiger partial charge >= 0.3 is 0 Å². The van der Waals surface area contributed by atoms with Crippen molar-refractivity contribution in [1.82, 2.24) is 0 Å². The lowest BCUT2D eigenvalue weighted by molar-refractivity contribution is -0.115. The summed E-state index contributed by atoms with van der Waals surface area (Å²) < 4.78 is 5.32. The average molecular weight is 283 g/mol. The fourth-order valence-electron chi connectivity index (χ4n) is 2.36. The zero-order valence-electron chi connectivity index (χ0n) is 12.8. The molecule has 2 aromatic rings. The Balaban J connectivity index is 2.13. The van der Waals surface area contributed by atoms with E-state index in [1.165, 1.54) is 0 Å². The maximum Gasteiger partial charge on any atom is 0.228 e. The zero-order valence-corrected chi connectivity index (χ0v) is 12.8. The molecule has 0 unspecified atom stereocenters. The molecule has 3 nitrogen and oxygen atoms in total. The van der Waals surface area contributed by atoms with Crippen molar-refractivity contribution in [1.29, 1.82) is 0 Å². The Hall–Kier alpha value is -2.29. The van der Waals surface area contributed by atoms with Crippen molar-refractivity contribution < 1.29 is 9.53 Å². The summed E-state index contributed by atoms with van der Waals surface area (Å²) in [6, 6.07) is 13.8. The molecule has 0 aliphatic heterocycles. The van der Waals surface area contributed by atoms with Crippen molar-refractivity contribution in [2.24, 2.45) is 0 Å². The highest BCUT2D eigenvalue weighted by Crippen LogP contribution is 2.21. The van der Waals surface area contributed by atoms with Crippen LogP contribution in [0.15, 0.2) is 42.5 Å². The number of carbonyl (C=O) groups excluding carboxylic acids is 1. The Morgan fingerprint density at radius 1 is 1.14 bits per heavy atom. The fourth-order valence-corrected chi connectivity index (χ4v) is 2.36. The number of ether oxygens (including phenoxy) is 1. The van der Waals surface area contributed by atoms with Crippen molar-refractivity contribution in [2.45, 2.75) is 26.7 Å². The minimum Gasteiger partial charge on any atom is -0.496 e. The summed E-state index contributed by atoms with van der Waals surface area (Å²) in [6.45, 7) is 4.09. The predicted molar refractivity (Wildman–Crippen MR) is 85.9 cm³/mol. The van der Waals surface area contributed by atoms with Crippen LogP contribution >= 0.6 is 0 Å². The third-order valence-corrected chi connectivity index (χ3v) is 3.46. The molecule has 0 aliphatic rings. The van der Waals surface area contributed by atoms with Gasteiger partial charge in [0.25, 0.3) is 0 Å². The van der Waals surface area contributed by atoms with E-state index in [-0.39, 0.29) is 5.91 Å². The number of methoxy groups -OCH3 is 1. The van der Waals surface area contributed by atoms with Crippen LogP contribution in [0.5, 0.6) is 5.75 Å². The molecule has 0 aliphatic carbocycles. The molecule has 0 radical (unpaired) electrons. The molecule has 0 spiro atoms. The second-order valence-corrected chi connectivity index (χ2v) is 5.05. The zero-order chi connectivity index (χ0) is 15.2. The minimum atomic E-state index is -0.0280. The maximum atomic E-state index is 12.3. The van der Waals surface area contributed by atoms with Gasteiger partial charge in [0, 0.05) is 11.3 Å². The lowest BCUT2D eigenvalue weighted by Gasteiger charge is -2.12. The van der Waals surface area contributed by atoms with Crippen LogP contribution in [0.2, 0.25) is 0 Å². The van der Waals surface area contributed by atoms with E-state index in [0.29, 0.717) is 6.42 Å². The Kier molecular flexibility index (Phi) is 4.99. The Morgan fingerprint density at radius 3 is 2.62 bits per heavy atom. The van der Waals surface area contributed by atoms with E-state index >= 15 is 0 Å². The number of anilines is 1. The minimum absolute atomic E-state index is 0.0280. The number of hydrogen-bond acceptors (Lipinski definition) is 2. The van der Waals surface area contributed by atoms with Gasteiger partial charge in [0.15, 0.2) is 0 Å². The van der Waals surface area contributed by atoms with Crippen LogP contribution < -0.4 is 10.1 Å². The van der Waals surface area contributed by atoms with Gasteiger partial charge in [0.2, 0.25) is 5.91 Å². The normalized spacial score (nSPS) is 10.2. The molecule has 2 aromatic carbocycles. The first-order valence-electron chi connectivity index (χ1n) is 7.15. The molecule has 0 saturated carbocycles. The second-order valence-electron chi connectivity index (χ2n) is 5.05. The number of carbonyl (C=O) groups is 1. The first-order chi connectivity index (χ1) is 10.1. The van der Waals surface area contributed by atoms with Crippen LogP contribution in [0.3, 0.4) is 0 Å². The number of para-hydroxylation sites is 1. The van der Waals surface area contributed by atoms with E-state index in [9.17, 15) is 4.79 Å².